The van der Waals surface area contributed by atoms with E-state index in [1.54, 1.807) is 11.3 Å². The maximum Gasteiger partial charge on any atom is 0.197 e. The lowest BCUT2D eigenvalue weighted by atomic mass is 9.80. The number of hydrogen-bond acceptors (Lipinski definition) is 5. The van der Waals surface area contributed by atoms with E-state index in [-0.39, 0.29) is 0 Å². The fourth-order valence-corrected chi connectivity index (χ4v) is 2.94. The highest BCUT2D eigenvalue weighted by Crippen LogP contribution is 2.31. The van der Waals surface area contributed by atoms with Crippen LogP contribution in [0.1, 0.15) is 38.0 Å². The van der Waals surface area contributed by atoms with Crippen LogP contribution < -0.4 is 11.3 Å². The Bertz CT molecular complexity index is 355. The predicted octanol–water partition coefficient (Wildman–Crippen LogP) is 2.77. The molecule has 4 nitrogen and oxygen atoms in total. The Morgan fingerprint density at radius 2 is 2.29 bits per heavy atom. The van der Waals surface area contributed by atoms with Crippen molar-refractivity contribution in [3.05, 3.63) is 11.1 Å². The quantitative estimate of drug-likeness (QED) is 0.641. The third-order valence-corrected chi connectivity index (χ3v) is 4.59. The van der Waals surface area contributed by atoms with Crippen molar-refractivity contribution < 1.29 is 4.74 Å². The summed E-state index contributed by atoms with van der Waals surface area (Å²) in [5.74, 6) is 6.91. The van der Waals surface area contributed by atoms with Crippen LogP contribution in [0.2, 0.25) is 0 Å². The lowest BCUT2D eigenvalue weighted by molar-refractivity contribution is -0.00639. The van der Waals surface area contributed by atoms with Gasteiger partial charge < -0.3 is 4.74 Å². The van der Waals surface area contributed by atoms with Gasteiger partial charge in [-0.05, 0) is 31.1 Å². The van der Waals surface area contributed by atoms with Gasteiger partial charge in [0.25, 0.3) is 0 Å². The molecule has 1 saturated carbocycles. The van der Waals surface area contributed by atoms with Crippen molar-refractivity contribution in [1.29, 1.82) is 0 Å². The summed E-state index contributed by atoms with van der Waals surface area (Å²) in [5, 5.41) is 0.745. The molecule has 0 aromatic carbocycles. The zero-order valence-electron chi connectivity index (χ0n) is 10.5. The van der Waals surface area contributed by atoms with Crippen LogP contribution in [0.3, 0.4) is 0 Å². The zero-order valence-corrected chi connectivity index (χ0v) is 11.3. The minimum atomic E-state index is 0.414. The van der Waals surface area contributed by atoms with Crippen molar-refractivity contribution in [2.45, 2.75) is 45.8 Å². The fourth-order valence-electron chi connectivity index (χ4n) is 2.29. The van der Waals surface area contributed by atoms with E-state index in [0.29, 0.717) is 12.7 Å². The Morgan fingerprint density at radius 3 is 2.94 bits per heavy atom. The van der Waals surface area contributed by atoms with Crippen LogP contribution in [0.5, 0.6) is 0 Å². The van der Waals surface area contributed by atoms with Gasteiger partial charge >= 0.3 is 0 Å². The SMILES string of the molecule is CC1CCC(OCc2cnc(NN)s2)CC1C. The van der Waals surface area contributed by atoms with Crippen molar-refractivity contribution in [3.63, 3.8) is 0 Å². The second-order valence-electron chi connectivity index (χ2n) is 4.98. The zero-order chi connectivity index (χ0) is 12.3. The van der Waals surface area contributed by atoms with Crippen LogP contribution in [0.4, 0.5) is 5.13 Å². The minimum Gasteiger partial charge on any atom is -0.373 e. The molecule has 0 amide bonds. The van der Waals surface area contributed by atoms with Crippen LogP contribution in [-0.2, 0) is 11.3 Å². The van der Waals surface area contributed by atoms with Crippen LogP contribution in [-0.4, -0.2) is 11.1 Å². The van der Waals surface area contributed by atoms with Gasteiger partial charge in [-0.2, -0.15) is 0 Å². The molecule has 0 spiro atoms. The molecule has 0 bridgehead atoms. The van der Waals surface area contributed by atoms with Gasteiger partial charge in [0.1, 0.15) is 0 Å². The molecular formula is C12H21N3OS. The molecule has 1 aromatic rings. The molecule has 5 heteroatoms. The van der Waals surface area contributed by atoms with Gasteiger partial charge in [-0.25, -0.2) is 10.8 Å². The lowest BCUT2D eigenvalue weighted by Crippen LogP contribution is -2.26. The smallest absolute Gasteiger partial charge is 0.197 e. The average molecular weight is 255 g/mol. The summed E-state index contributed by atoms with van der Waals surface area (Å²) in [6.07, 6.45) is 5.89. The van der Waals surface area contributed by atoms with Gasteiger partial charge in [0.15, 0.2) is 5.13 Å². The van der Waals surface area contributed by atoms with E-state index >= 15 is 0 Å². The van der Waals surface area contributed by atoms with Crippen molar-refractivity contribution in [2.24, 2.45) is 17.7 Å². The molecule has 17 heavy (non-hydrogen) atoms. The minimum absolute atomic E-state index is 0.414. The fraction of sp³-hybridized carbons (Fsp3) is 0.750. The third-order valence-electron chi connectivity index (χ3n) is 3.69. The van der Waals surface area contributed by atoms with Crippen molar-refractivity contribution in [3.8, 4) is 0 Å². The largest absolute Gasteiger partial charge is 0.373 e. The molecule has 0 saturated heterocycles. The van der Waals surface area contributed by atoms with E-state index in [0.717, 1.165) is 21.8 Å². The summed E-state index contributed by atoms with van der Waals surface area (Å²) in [6, 6.07) is 0. The number of nitrogen functional groups attached to an aromatic ring is 1. The number of hydrazine groups is 1. The Morgan fingerprint density at radius 1 is 1.47 bits per heavy atom. The molecule has 1 fully saturated rings. The summed E-state index contributed by atoms with van der Waals surface area (Å²) in [4.78, 5) is 5.26. The lowest BCUT2D eigenvalue weighted by Gasteiger charge is -2.31. The van der Waals surface area contributed by atoms with Crippen molar-refractivity contribution in [2.75, 3.05) is 5.43 Å². The first-order valence-electron chi connectivity index (χ1n) is 6.22. The molecule has 3 atom stereocenters. The summed E-state index contributed by atoms with van der Waals surface area (Å²) in [5.41, 5.74) is 2.55. The molecule has 1 heterocycles. The molecule has 3 unspecified atom stereocenters. The number of hydrogen-bond donors (Lipinski definition) is 2. The number of thiazole rings is 1. The topological polar surface area (TPSA) is 60.2 Å². The second kappa shape index (κ2) is 5.80. The summed E-state index contributed by atoms with van der Waals surface area (Å²) in [6.45, 7) is 5.32. The maximum atomic E-state index is 5.95. The Kier molecular flexibility index (Phi) is 4.36. The maximum absolute atomic E-state index is 5.95. The molecule has 0 aliphatic heterocycles. The Balaban J connectivity index is 1.78. The number of ether oxygens (including phenoxy) is 1. The molecule has 96 valence electrons. The molecule has 1 aliphatic carbocycles. The molecule has 1 aliphatic rings. The first-order valence-corrected chi connectivity index (χ1v) is 7.03. The summed E-state index contributed by atoms with van der Waals surface area (Å²) < 4.78 is 5.95. The van der Waals surface area contributed by atoms with Crippen LogP contribution in [0.15, 0.2) is 6.20 Å². The molecular weight excluding hydrogens is 234 g/mol. The molecule has 0 radical (unpaired) electrons. The molecule has 3 N–H and O–H groups in total. The standard InChI is InChI=1S/C12H21N3OS/c1-8-3-4-10(5-9(8)2)16-7-11-6-14-12(15-13)17-11/h6,8-10H,3-5,7,13H2,1-2H3,(H,14,15). The first-order chi connectivity index (χ1) is 8.19. The highest BCUT2D eigenvalue weighted by atomic mass is 32.1. The van der Waals surface area contributed by atoms with Crippen LogP contribution in [0.25, 0.3) is 0 Å². The van der Waals surface area contributed by atoms with Gasteiger partial charge in [0, 0.05) is 6.20 Å². The summed E-state index contributed by atoms with van der Waals surface area (Å²) in [7, 11) is 0. The second-order valence-corrected chi connectivity index (χ2v) is 6.09. The predicted molar refractivity (Wildman–Crippen MR) is 70.7 cm³/mol. The van der Waals surface area contributed by atoms with Gasteiger partial charge in [-0.3, -0.25) is 5.43 Å². The van der Waals surface area contributed by atoms with Gasteiger partial charge in [-0.1, -0.05) is 25.2 Å². The van der Waals surface area contributed by atoms with Gasteiger partial charge in [0.05, 0.1) is 17.6 Å². The highest BCUT2D eigenvalue weighted by Gasteiger charge is 2.24. The van der Waals surface area contributed by atoms with Crippen LogP contribution >= 0.6 is 11.3 Å². The normalized spacial score (nSPS) is 29.2. The van der Waals surface area contributed by atoms with E-state index < -0.39 is 0 Å². The number of nitrogens with two attached hydrogens (primary N) is 1. The average Bonchev–Trinajstić information content (AvgIpc) is 2.79. The van der Waals surface area contributed by atoms with E-state index in [1.165, 1.54) is 19.3 Å². The number of anilines is 1. The number of aromatic nitrogens is 1. The monoisotopic (exact) mass is 255 g/mol. The van der Waals surface area contributed by atoms with Crippen molar-refractivity contribution >= 4 is 16.5 Å². The van der Waals surface area contributed by atoms with E-state index in [2.05, 4.69) is 24.3 Å². The van der Waals surface area contributed by atoms with Crippen LogP contribution in [0, 0.1) is 11.8 Å². The van der Waals surface area contributed by atoms with E-state index in [1.807, 2.05) is 6.20 Å². The van der Waals surface area contributed by atoms with Gasteiger partial charge in [0.2, 0.25) is 0 Å². The third kappa shape index (κ3) is 3.40. The van der Waals surface area contributed by atoms with Gasteiger partial charge in [-0.15, -0.1) is 0 Å². The highest BCUT2D eigenvalue weighted by molar-refractivity contribution is 7.15. The number of nitrogens with one attached hydrogen (secondary N) is 1. The number of nitrogens with zero attached hydrogens (tertiary/aromatic N) is 1. The molecule has 2 rings (SSSR count). The summed E-state index contributed by atoms with van der Waals surface area (Å²) >= 11 is 1.55. The first kappa shape index (κ1) is 12.8. The van der Waals surface area contributed by atoms with E-state index in [9.17, 15) is 0 Å². The van der Waals surface area contributed by atoms with Crippen molar-refractivity contribution in [1.82, 2.24) is 4.98 Å². The Labute approximate surface area is 107 Å². The Hall–Kier alpha value is -0.650. The van der Waals surface area contributed by atoms with E-state index in [4.69, 9.17) is 10.6 Å². The molecule has 1 aromatic heterocycles. The number of rotatable bonds is 4.